The number of nitrogens with zero attached hydrogens (tertiary/aromatic N) is 1. The third-order valence-electron chi connectivity index (χ3n) is 2.71. The Morgan fingerprint density at radius 1 is 1.12 bits per heavy atom. The molecule has 1 heterocycles. The molecular weight excluding hydrogens is 196 g/mol. The second kappa shape index (κ2) is 4.35. The van der Waals surface area contributed by atoms with E-state index in [1.807, 2.05) is 12.3 Å². The summed E-state index contributed by atoms with van der Waals surface area (Å²) in [6, 6.07) is 8.50. The lowest BCUT2D eigenvalue weighted by atomic mass is 10.00. The van der Waals surface area contributed by atoms with Crippen molar-refractivity contribution in [3.8, 4) is 0 Å². The van der Waals surface area contributed by atoms with E-state index in [0.717, 1.165) is 17.7 Å². The minimum atomic E-state index is 0.724. The van der Waals surface area contributed by atoms with Gasteiger partial charge in [0.15, 0.2) is 0 Å². The van der Waals surface area contributed by atoms with E-state index in [0.29, 0.717) is 0 Å². The highest BCUT2D eigenvalue weighted by molar-refractivity contribution is 5.40. The first-order valence-corrected chi connectivity index (χ1v) is 5.40. The second-order valence-corrected chi connectivity index (χ2v) is 4.23. The number of benzene rings is 1. The van der Waals surface area contributed by atoms with Crippen LogP contribution in [0, 0.1) is 13.8 Å². The Hall–Kier alpha value is -1.83. The molecule has 0 aliphatic carbocycles. The molecule has 1 aromatic heterocycles. The number of nitrogen functional groups attached to an aromatic ring is 1. The SMILES string of the molecule is Cc1ccc(Cc2cncc(N)c2)c(C)c1. The maximum atomic E-state index is 5.71. The Morgan fingerprint density at radius 2 is 1.94 bits per heavy atom. The molecule has 2 heteroatoms. The topological polar surface area (TPSA) is 38.9 Å². The number of anilines is 1. The molecule has 82 valence electrons. The number of aryl methyl sites for hydroxylation is 2. The lowest BCUT2D eigenvalue weighted by Gasteiger charge is -2.07. The van der Waals surface area contributed by atoms with Crippen LogP contribution in [0.3, 0.4) is 0 Å². The molecule has 0 radical (unpaired) electrons. The van der Waals surface area contributed by atoms with E-state index in [1.54, 1.807) is 6.20 Å². The number of pyridine rings is 1. The average molecular weight is 212 g/mol. The van der Waals surface area contributed by atoms with Gasteiger partial charge in [0.05, 0.1) is 5.69 Å². The molecule has 0 amide bonds. The van der Waals surface area contributed by atoms with Gasteiger partial charge >= 0.3 is 0 Å². The smallest absolute Gasteiger partial charge is 0.0503 e. The van der Waals surface area contributed by atoms with Gasteiger partial charge in [-0.2, -0.15) is 0 Å². The van der Waals surface area contributed by atoms with Crippen molar-refractivity contribution in [1.29, 1.82) is 0 Å². The Morgan fingerprint density at radius 3 is 2.62 bits per heavy atom. The fourth-order valence-corrected chi connectivity index (χ4v) is 1.87. The van der Waals surface area contributed by atoms with Crippen LogP contribution in [0.2, 0.25) is 0 Å². The van der Waals surface area contributed by atoms with Gasteiger partial charge in [0.1, 0.15) is 0 Å². The summed E-state index contributed by atoms with van der Waals surface area (Å²) in [6.45, 7) is 4.25. The number of rotatable bonds is 2. The number of nitrogens with two attached hydrogens (primary N) is 1. The van der Waals surface area contributed by atoms with Gasteiger partial charge in [0.25, 0.3) is 0 Å². The summed E-state index contributed by atoms with van der Waals surface area (Å²) in [5, 5.41) is 0. The molecule has 0 aliphatic rings. The quantitative estimate of drug-likeness (QED) is 0.831. The van der Waals surface area contributed by atoms with E-state index in [-0.39, 0.29) is 0 Å². The van der Waals surface area contributed by atoms with E-state index in [2.05, 4.69) is 37.0 Å². The molecule has 1 aromatic carbocycles. The van der Waals surface area contributed by atoms with Crippen molar-refractivity contribution < 1.29 is 0 Å². The predicted molar refractivity (Wildman–Crippen MR) is 67.4 cm³/mol. The third kappa shape index (κ3) is 2.40. The zero-order valence-electron chi connectivity index (χ0n) is 9.70. The van der Waals surface area contributed by atoms with Crippen LogP contribution in [0.15, 0.2) is 36.7 Å². The average Bonchev–Trinajstić information content (AvgIpc) is 2.22. The zero-order chi connectivity index (χ0) is 11.5. The van der Waals surface area contributed by atoms with Gasteiger partial charge in [-0.3, -0.25) is 4.98 Å². The first-order valence-electron chi connectivity index (χ1n) is 5.40. The highest BCUT2D eigenvalue weighted by Gasteiger charge is 2.01. The van der Waals surface area contributed by atoms with Crippen molar-refractivity contribution in [3.05, 3.63) is 58.9 Å². The first-order chi connectivity index (χ1) is 7.65. The Labute approximate surface area is 96.1 Å². The van der Waals surface area contributed by atoms with Crippen LogP contribution in [0.1, 0.15) is 22.3 Å². The van der Waals surface area contributed by atoms with Crippen molar-refractivity contribution in [2.24, 2.45) is 0 Å². The molecule has 0 bridgehead atoms. The van der Waals surface area contributed by atoms with Crippen LogP contribution in [-0.2, 0) is 6.42 Å². The molecule has 2 nitrogen and oxygen atoms in total. The first kappa shape index (κ1) is 10.7. The van der Waals surface area contributed by atoms with Gasteiger partial charge in [-0.1, -0.05) is 23.8 Å². The lowest BCUT2D eigenvalue weighted by molar-refractivity contribution is 1.12. The summed E-state index contributed by atoms with van der Waals surface area (Å²) in [7, 11) is 0. The van der Waals surface area contributed by atoms with Crippen LogP contribution in [-0.4, -0.2) is 4.98 Å². The molecule has 0 spiro atoms. The summed E-state index contributed by atoms with van der Waals surface area (Å²) >= 11 is 0. The van der Waals surface area contributed by atoms with E-state index >= 15 is 0 Å². The molecule has 16 heavy (non-hydrogen) atoms. The maximum Gasteiger partial charge on any atom is 0.0503 e. The van der Waals surface area contributed by atoms with Crippen molar-refractivity contribution in [2.45, 2.75) is 20.3 Å². The van der Waals surface area contributed by atoms with Crippen LogP contribution < -0.4 is 5.73 Å². The van der Waals surface area contributed by atoms with Gasteiger partial charge in [0, 0.05) is 12.4 Å². The van der Waals surface area contributed by atoms with E-state index in [9.17, 15) is 0 Å². The second-order valence-electron chi connectivity index (χ2n) is 4.23. The molecule has 2 rings (SSSR count). The minimum absolute atomic E-state index is 0.724. The molecule has 2 N–H and O–H groups in total. The fraction of sp³-hybridized carbons (Fsp3) is 0.214. The van der Waals surface area contributed by atoms with Gasteiger partial charge in [0.2, 0.25) is 0 Å². The summed E-state index contributed by atoms with van der Waals surface area (Å²) in [4.78, 5) is 4.10. The highest BCUT2D eigenvalue weighted by atomic mass is 14.7. The van der Waals surface area contributed by atoms with Crippen molar-refractivity contribution >= 4 is 5.69 Å². The summed E-state index contributed by atoms with van der Waals surface area (Å²) in [6.07, 6.45) is 4.44. The minimum Gasteiger partial charge on any atom is -0.397 e. The molecule has 0 aliphatic heterocycles. The van der Waals surface area contributed by atoms with Gasteiger partial charge in [-0.05, 0) is 43.0 Å². The standard InChI is InChI=1S/C14H16N2/c1-10-3-4-13(11(2)5-10)6-12-7-14(15)9-16-8-12/h3-5,7-9H,6,15H2,1-2H3. The third-order valence-corrected chi connectivity index (χ3v) is 2.71. The number of hydrogen-bond acceptors (Lipinski definition) is 2. The van der Waals surface area contributed by atoms with Crippen LogP contribution in [0.25, 0.3) is 0 Å². The molecule has 0 atom stereocenters. The van der Waals surface area contributed by atoms with Gasteiger partial charge in [-0.25, -0.2) is 0 Å². The summed E-state index contributed by atoms with van der Waals surface area (Å²) < 4.78 is 0. The maximum absolute atomic E-state index is 5.71. The summed E-state index contributed by atoms with van der Waals surface area (Å²) in [5.41, 5.74) is 11.5. The Balaban J connectivity index is 2.27. The Kier molecular flexibility index (Phi) is 2.91. The highest BCUT2D eigenvalue weighted by Crippen LogP contribution is 2.16. The Bertz CT molecular complexity index is 504. The monoisotopic (exact) mass is 212 g/mol. The van der Waals surface area contributed by atoms with E-state index in [4.69, 9.17) is 5.73 Å². The predicted octanol–water partition coefficient (Wildman–Crippen LogP) is 2.87. The van der Waals surface area contributed by atoms with Crippen molar-refractivity contribution in [2.75, 3.05) is 5.73 Å². The van der Waals surface area contributed by atoms with E-state index in [1.165, 1.54) is 16.7 Å². The molecule has 0 saturated carbocycles. The molecule has 0 unspecified atom stereocenters. The van der Waals surface area contributed by atoms with Crippen molar-refractivity contribution in [3.63, 3.8) is 0 Å². The van der Waals surface area contributed by atoms with Crippen LogP contribution in [0.5, 0.6) is 0 Å². The van der Waals surface area contributed by atoms with Crippen LogP contribution >= 0.6 is 0 Å². The number of hydrogen-bond donors (Lipinski definition) is 1. The molecule has 0 fully saturated rings. The summed E-state index contributed by atoms with van der Waals surface area (Å²) in [5.74, 6) is 0. The number of aromatic nitrogens is 1. The molecular formula is C14H16N2. The normalized spacial score (nSPS) is 10.4. The largest absolute Gasteiger partial charge is 0.397 e. The van der Waals surface area contributed by atoms with Crippen molar-refractivity contribution in [1.82, 2.24) is 4.98 Å². The molecule has 2 aromatic rings. The lowest BCUT2D eigenvalue weighted by Crippen LogP contribution is -1.95. The molecule has 0 saturated heterocycles. The van der Waals surface area contributed by atoms with Gasteiger partial charge < -0.3 is 5.73 Å². The van der Waals surface area contributed by atoms with Crippen LogP contribution in [0.4, 0.5) is 5.69 Å². The fourth-order valence-electron chi connectivity index (χ4n) is 1.87. The zero-order valence-corrected chi connectivity index (χ0v) is 9.70. The van der Waals surface area contributed by atoms with E-state index < -0.39 is 0 Å². The van der Waals surface area contributed by atoms with Gasteiger partial charge in [-0.15, -0.1) is 0 Å².